The fourth-order valence-electron chi connectivity index (χ4n) is 1.94. The minimum absolute atomic E-state index is 0.0324. The Labute approximate surface area is 88.9 Å². The van der Waals surface area contributed by atoms with E-state index < -0.39 is 0 Å². The zero-order valence-corrected chi connectivity index (χ0v) is 9.15. The molecular weight excluding hydrogens is 192 g/mol. The molecule has 0 bridgehead atoms. The second kappa shape index (κ2) is 4.18. The lowest BCUT2D eigenvalue weighted by Crippen LogP contribution is -2.29. The molecule has 0 aliphatic carbocycles. The third kappa shape index (κ3) is 1.97. The van der Waals surface area contributed by atoms with Gasteiger partial charge in [-0.05, 0) is 25.3 Å². The molecule has 0 saturated carbocycles. The van der Waals surface area contributed by atoms with Crippen molar-refractivity contribution >= 4 is 0 Å². The van der Waals surface area contributed by atoms with Crippen molar-refractivity contribution < 1.29 is 0 Å². The van der Waals surface area contributed by atoms with Crippen molar-refractivity contribution in [2.45, 2.75) is 39.3 Å². The molecule has 2 heterocycles. The molecule has 2 N–H and O–H groups in total. The van der Waals surface area contributed by atoms with Gasteiger partial charge < -0.3 is 5.73 Å². The van der Waals surface area contributed by atoms with Gasteiger partial charge in [-0.3, -0.25) is 4.57 Å². The van der Waals surface area contributed by atoms with E-state index in [1.165, 1.54) is 0 Å². The number of nitrogens with two attached hydrogens (primary N) is 1. The molecule has 1 aliphatic heterocycles. The minimum Gasteiger partial charge on any atom is -0.330 e. The molecule has 0 spiro atoms. The van der Waals surface area contributed by atoms with Gasteiger partial charge in [0.05, 0.1) is 6.54 Å². The summed E-state index contributed by atoms with van der Waals surface area (Å²) in [4.78, 5) is 11.9. The number of hydrogen-bond donors (Lipinski definition) is 1. The normalized spacial score (nSPS) is 17.5. The maximum Gasteiger partial charge on any atom is 0.345 e. The van der Waals surface area contributed by atoms with E-state index in [4.69, 9.17) is 5.73 Å². The van der Waals surface area contributed by atoms with Gasteiger partial charge in [0.2, 0.25) is 0 Å². The molecule has 1 aromatic rings. The van der Waals surface area contributed by atoms with Gasteiger partial charge in [-0.25, -0.2) is 9.48 Å². The van der Waals surface area contributed by atoms with Crippen molar-refractivity contribution in [2.75, 3.05) is 6.54 Å². The van der Waals surface area contributed by atoms with E-state index >= 15 is 0 Å². The van der Waals surface area contributed by atoms with Crippen LogP contribution in [-0.4, -0.2) is 20.9 Å². The molecule has 0 fully saturated rings. The molecule has 0 radical (unpaired) electrons. The zero-order chi connectivity index (χ0) is 10.8. The number of rotatable bonds is 3. The van der Waals surface area contributed by atoms with Crippen LogP contribution in [0.25, 0.3) is 0 Å². The van der Waals surface area contributed by atoms with Gasteiger partial charge in [0.15, 0.2) is 0 Å². The Morgan fingerprint density at radius 3 is 3.00 bits per heavy atom. The predicted octanol–water partition coefficient (Wildman–Crippen LogP) is -0.0241. The van der Waals surface area contributed by atoms with Gasteiger partial charge >= 0.3 is 5.69 Å². The largest absolute Gasteiger partial charge is 0.345 e. The topological polar surface area (TPSA) is 65.8 Å². The molecule has 84 valence electrons. The van der Waals surface area contributed by atoms with Gasteiger partial charge in [-0.15, -0.1) is 0 Å². The van der Waals surface area contributed by atoms with Gasteiger partial charge in [0, 0.05) is 13.0 Å². The Bertz CT molecular complexity index is 393. The van der Waals surface area contributed by atoms with Crippen molar-refractivity contribution in [3.63, 3.8) is 0 Å². The Hall–Kier alpha value is -1.10. The van der Waals surface area contributed by atoms with Crippen LogP contribution in [0, 0.1) is 5.92 Å². The monoisotopic (exact) mass is 210 g/mol. The van der Waals surface area contributed by atoms with Gasteiger partial charge in [-0.1, -0.05) is 6.92 Å². The Morgan fingerprint density at radius 2 is 2.33 bits per heavy atom. The summed E-state index contributed by atoms with van der Waals surface area (Å²) < 4.78 is 3.37. The minimum atomic E-state index is 0.0324. The molecule has 0 aromatic carbocycles. The van der Waals surface area contributed by atoms with Crippen LogP contribution in [0.1, 0.15) is 25.6 Å². The molecule has 2 rings (SSSR count). The molecular formula is C10H18N4O. The lowest BCUT2D eigenvalue weighted by atomic mass is 10.2. The van der Waals surface area contributed by atoms with Crippen LogP contribution in [0.4, 0.5) is 0 Å². The average Bonchev–Trinajstić information content (AvgIpc) is 2.57. The van der Waals surface area contributed by atoms with Crippen molar-refractivity contribution in [3.8, 4) is 0 Å². The number of aromatic nitrogens is 3. The molecule has 0 saturated heterocycles. The van der Waals surface area contributed by atoms with Gasteiger partial charge in [0.25, 0.3) is 0 Å². The lowest BCUT2D eigenvalue weighted by molar-refractivity contribution is 0.443. The first kappa shape index (κ1) is 10.4. The highest BCUT2D eigenvalue weighted by Gasteiger charge is 2.17. The molecule has 0 amide bonds. The van der Waals surface area contributed by atoms with Crippen molar-refractivity contribution in [2.24, 2.45) is 11.7 Å². The molecule has 1 aromatic heterocycles. The van der Waals surface area contributed by atoms with Crippen molar-refractivity contribution in [1.82, 2.24) is 14.3 Å². The fraction of sp³-hybridized carbons (Fsp3) is 0.800. The van der Waals surface area contributed by atoms with Gasteiger partial charge in [0.1, 0.15) is 5.82 Å². The van der Waals surface area contributed by atoms with E-state index in [-0.39, 0.29) is 5.69 Å². The Morgan fingerprint density at radius 1 is 1.53 bits per heavy atom. The number of aryl methyl sites for hydroxylation is 1. The standard InChI is InChI=1S/C10H18N4O/c1-8(6-11)7-14-10(15)13-5-3-2-4-9(13)12-14/h8H,2-7,11H2,1H3. The van der Waals surface area contributed by atoms with Gasteiger partial charge in [-0.2, -0.15) is 5.10 Å². The van der Waals surface area contributed by atoms with Crippen molar-refractivity contribution in [3.05, 3.63) is 16.3 Å². The summed E-state index contributed by atoms with van der Waals surface area (Å²) in [6.45, 7) is 4.08. The number of fused-ring (bicyclic) bond motifs is 1. The number of hydrogen-bond acceptors (Lipinski definition) is 3. The average molecular weight is 210 g/mol. The van der Waals surface area contributed by atoms with Crippen LogP contribution < -0.4 is 11.4 Å². The summed E-state index contributed by atoms with van der Waals surface area (Å²) >= 11 is 0. The first-order valence-corrected chi connectivity index (χ1v) is 5.59. The molecule has 1 atom stereocenters. The third-order valence-electron chi connectivity index (χ3n) is 2.92. The first-order valence-electron chi connectivity index (χ1n) is 5.59. The maximum atomic E-state index is 11.9. The SMILES string of the molecule is CC(CN)Cn1nc2n(c1=O)CCCC2. The van der Waals surface area contributed by atoms with E-state index in [0.717, 1.165) is 31.6 Å². The Kier molecular flexibility index (Phi) is 2.90. The van der Waals surface area contributed by atoms with E-state index in [2.05, 4.69) is 5.10 Å². The summed E-state index contributed by atoms with van der Waals surface area (Å²) in [6.07, 6.45) is 3.16. The molecule has 5 nitrogen and oxygen atoms in total. The summed E-state index contributed by atoms with van der Waals surface area (Å²) in [6, 6.07) is 0. The molecule has 5 heteroatoms. The highest BCUT2D eigenvalue weighted by molar-refractivity contribution is 4.91. The van der Waals surface area contributed by atoms with Crippen LogP contribution in [0.5, 0.6) is 0 Å². The maximum absolute atomic E-state index is 11.9. The summed E-state index contributed by atoms with van der Waals surface area (Å²) in [7, 11) is 0. The van der Waals surface area contributed by atoms with Crippen LogP contribution in [-0.2, 0) is 19.5 Å². The summed E-state index contributed by atoms with van der Waals surface area (Å²) in [5, 5.41) is 4.35. The third-order valence-corrected chi connectivity index (χ3v) is 2.92. The van der Waals surface area contributed by atoms with E-state index in [1.54, 1.807) is 9.25 Å². The summed E-state index contributed by atoms with van der Waals surface area (Å²) in [5.41, 5.74) is 5.57. The second-order valence-electron chi connectivity index (χ2n) is 4.33. The van der Waals surface area contributed by atoms with E-state index in [9.17, 15) is 4.79 Å². The highest BCUT2D eigenvalue weighted by atomic mass is 16.2. The smallest absolute Gasteiger partial charge is 0.330 e. The second-order valence-corrected chi connectivity index (χ2v) is 4.33. The quantitative estimate of drug-likeness (QED) is 0.762. The molecule has 1 unspecified atom stereocenters. The highest BCUT2D eigenvalue weighted by Crippen LogP contribution is 2.09. The van der Waals surface area contributed by atoms with E-state index in [1.807, 2.05) is 6.92 Å². The van der Waals surface area contributed by atoms with E-state index in [0.29, 0.717) is 19.0 Å². The van der Waals surface area contributed by atoms with Crippen LogP contribution in [0.3, 0.4) is 0 Å². The molecule has 15 heavy (non-hydrogen) atoms. The van der Waals surface area contributed by atoms with Crippen LogP contribution in [0.15, 0.2) is 4.79 Å². The van der Waals surface area contributed by atoms with Crippen LogP contribution >= 0.6 is 0 Å². The molecule has 1 aliphatic rings. The first-order chi connectivity index (χ1) is 7.22. The predicted molar refractivity (Wildman–Crippen MR) is 57.6 cm³/mol. The van der Waals surface area contributed by atoms with Crippen molar-refractivity contribution in [1.29, 1.82) is 0 Å². The Balaban J connectivity index is 2.25. The lowest BCUT2D eigenvalue weighted by Gasteiger charge is -2.09. The fourth-order valence-corrected chi connectivity index (χ4v) is 1.94. The van der Waals surface area contributed by atoms with Crippen LogP contribution in [0.2, 0.25) is 0 Å². The summed E-state index contributed by atoms with van der Waals surface area (Å²) in [5.74, 6) is 1.25. The number of nitrogens with zero attached hydrogens (tertiary/aromatic N) is 3. The zero-order valence-electron chi connectivity index (χ0n) is 9.15.